The molecule has 3 heteroatoms. The Bertz CT molecular complexity index is 204. The molecule has 48 valence electrons. The van der Waals surface area contributed by atoms with Crippen LogP contribution in [-0.4, -0.2) is 0 Å². The molecule has 9 heavy (non-hydrogen) atoms. The third-order valence-electron chi connectivity index (χ3n) is 1.11. The lowest BCUT2D eigenvalue weighted by Gasteiger charge is -2.00. The molecule has 1 aromatic heterocycles. The van der Waals surface area contributed by atoms with E-state index < -0.39 is 0 Å². The van der Waals surface area contributed by atoms with Crippen LogP contribution in [0.15, 0.2) is 23.2 Å². The van der Waals surface area contributed by atoms with Crippen molar-refractivity contribution in [2.75, 3.05) is 0 Å². The van der Waals surface area contributed by atoms with Gasteiger partial charge in [-0.25, -0.2) is 0 Å². The van der Waals surface area contributed by atoms with Crippen LogP contribution in [-0.2, 0) is 0 Å². The van der Waals surface area contributed by atoms with Gasteiger partial charge in [-0.2, -0.15) is 4.73 Å². The summed E-state index contributed by atoms with van der Waals surface area (Å²) in [5.74, 6) is 0. The number of aromatic nitrogens is 1. The second kappa shape index (κ2) is 2.27. The van der Waals surface area contributed by atoms with Gasteiger partial charge in [0, 0.05) is 19.1 Å². The number of pyridine rings is 1. The summed E-state index contributed by atoms with van der Waals surface area (Å²) in [5.41, 5.74) is 0.669. The van der Waals surface area contributed by atoms with E-state index in [0.717, 1.165) is 4.73 Å². The number of hydrogen-bond acceptors (Lipinski definition) is 2. The normalized spacial score (nSPS) is 9.56. The van der Waals surface area contributed by atoms with Crippen molar-refractivity contribution < 1.29 is 4.73 Å². The maximum Gasteiger partial charge on any atom is 0.248 e. The average molecular weight is 141 g/mol. The van der Waals surface area contributed by atoms with E-state index in [2.05, 4.69) is 12.6 Å². The molecule has 1 heterocycles. The van der Waals surface area contributed by atoms with E-state index in [1.165, 1.54) is 0 Å². The van der Waals surface area contributed by atoms with Crippen molar-refractivity contribution in [3.63, 3.8) is 0 Å². The molecule has 2 nitrogen and oxygen atoms in total. The Kier molecular flexibility index (Phi) is 1.62. The summed E-state index contributed by atoms with van der Waals surface area (Å²) in [7, 11) is 0. The van der Waals surface area contributed by atoms with Crippen molar-refractivity contribution in [2.24, 2.45) is 0 Å². The second-order valence-electron chi connectivity index (χ2n) is 1.82. The van der Waals surface area contributed by atoms with Crippen LogP contribution in [0, 0.1) is 12.1 Å². The third kappa shape index (κ3) is 1.16. The maximum atomic E-state index is 10.8. The van der Waals surface area contributed by atoms with Gasteiger partial charge in [0.05, 0.1) is 0 Å². The summed E-state index contributed by atoms with van der Waals surface area (Å²) in [4.78, 5) is 0. The molecule has 0 N–H and O–H groups in total. The second-order valence-corrected chi connectivity index (χ2v) is 2.28. The molecule has 0 aliphatic rings. The lowest BCUT2D eigenvalue weighted by atomic mass is 10.4. The first kappa shape index (κ1) is 6.42. The molecule has 0 fully saturated rings. The Balaban J connectivity index is 3.25. The third-order valence-corrected chi connectivity index (χ3v) is 1.44. The number of rotatable bonds is 0. The van der Waals surface area contributed by atoms with Crippen molar-refractivity contribution in [1.29, 1.82) is 0 Å². The molecule has 0 radical (unpaired) electrons. The number of hydrogen-bond donors (Lipinski definition) is 1. The lowest BCUT2D eigenvalue weighted by Crippen LogP contribution is -2.31. The first-order chi connectivity index (χ1) is 4.22. The van der Waals surface area contributed by atoms with E-state index in [1.54, 1.807) is 25.1 Å². The van der Waals surface area contributed by atoms with E-state index in [4.69, 9.17) is 0 Å². The Morgan fingerprint density at radius 2 is 2.22 bits per heavy atom. The van der Waals surface area contributed by atoms with Gasteiger partial charge in [-0.15, -0.1) is 0 Å². The van der Waals surface area contributed by atoms with Crippen LogP contribution in [0.2, 0.25) is 0 Å². The quantitative estimate of drug-likeness (QED) is 0.324. The molecule has 0 aromatic carbocycles. The Morgan fingerprint density at radius 1 is 1.56 bits per heavy atom. The van der Waals surface area contributed by atoms with E-state index in [-0.39, 0.29) is 0 Å². The van der Waals surface area contributed by atoms with Gasteiger partial charge < -0.3 is 5.21 Å². The fourth-order valence-corrected chi connectivity index (χ4v) is 0.833. The molecule has 0 saturated carbocycles. The zero-order valence-corrected chi connectivity index (χ0v) is 5.93. The minimum Gasteiger partial charge on any atom is -0.618 e. The van der Waals surface area contributed by atoms with Crippen LogP contribution in [0.4, 0.5) is 0 Å². The monoisotopic (exact) mass is 141 g/mol. The predicted molar refractivity (Wildman–Crippen MR) is 37.4 cm³/mol. The Morgan fingerprint density at radius 3 is 2.67 bits per heavy atom. The highest BCUT2D eigenvalue weighted by Crippen LogP contribution is 1.97. The van der Waals surface area contributed by atoms with Gasteiger partial charge in [-0.3, -0.25) is 0 Å². The van der Waals surface area contributed by atoms with Crippen LogP contribution < -0.4 is 4.73 Å². The first-order valence-corrected chi connectivity index (χ1v) is 3.04. The summed E-state index contributed by atoms with van der Waals surface area (Å²) < 4.78 is 0.781. The van der Waals surface area contributed by atoms with Crippen molar-refractivity contribution in [3.8, 4) is 0 Å². The molecule has 0 bridgehead atoms. The molecule has 0 atom stereocenters. The smallest absolute Gasteiger partial charge is 0.248 e. The summed E-state index contributed by atoms with van der Waals surface area (Å²) in [6.07, 6.45) is 0. The molecule has 0 aliphatic carbocycles. The van der Waals surface area contributed by atoms with Gasteiger partial charge in [0.15, 0.2) is 5.69 Å². The highest BCUT2D eigenvalue weighted by molar-refractivity contribution is 7.80. The minimum atomic E-state index is 0.440. The van der Waals surface area contributed by atoms with Gasteiger partial charge in [-0.05, 0) is 6.07 Å². The fourth-order valence-electron chi connectivity index (χ4n) is 0.590. The number of nitrogens with zero attached hydrogens (tertiary/aromatic N) is 1. The van der Waals surface area contributed by atoms with E-state index in [0.29, 0.717) is 10.7 Å². The summed E-state index contributed by atoms with van der Waals surface area (Å²) >= 11 is 3.92. The van der Waals surface area contributed by atoms with Crippen molar-refractivity contribution >= 4 is 12.6 Å². The van der Waals surface area contributed by atoms with E-state index in [1.807, 2.05) is 0 Å². The Labute approximate surface area is 59.1 Å². The molecule has 0 amide bonds. The van der Waals surface area contributed by atoms with Gasteiger partial charge in [0.2, 0.25) is 5.03 Å². The Hall–Kier alpha value is -0.700. The van der Waals surface area contributed by atoms with Crippen molar-refractivity contribution in [3.05, 3.63) is 29.1 Å². The first-order valence-electron chi connectivity index (χ1n) is 2.60. The van der Waals surface area contributed by atoms with Gasteiger partial charge in [-0.1, -0.05) is 12.6 Å². The van der Waals surface area contributed by atoms with Crippen LogP contribution >= 0.6 is 12.6 Å². The molecular weight excluding hydrogens is 134 g/mol. The lowest BCUT2D eigenvalue weighted by molar-refractivity contribution is -0.651. The van der Waals surface area contributed by atoms with E-state index >= 15 is 0 Å². The maximum absolute atomic E-state index is 10.8. The summed E-state index contributed by atoms with van der Waals surface area (Å²) in [6.45, 7) is 1.74. The zero-order chi connectivity index (χ0) is 6.85. The van der Waals surface area contributed by atoms with Crippen LogP contribution in [0.25, 0.3) is 0 Å². The molecule has 0 aliphatic heterocycles. The number of aryl methyl sites for hydroxylation is 1. The molecule has 0 unspecified atom stereocenters. The fraction of sp³-hybridized carbons (Fsp3) is 0.167. The SMILES string of the molecule is Cc1cccc(S)[n+]1[O-]. The standard InChI is InChI=1S/C6H7NOS/c1-5-3-2-4-6(9)7(5)8/h2-4,9H,1H3. The summed E-state index contributed by atoms with van der Waals surface area (Å²) in [5, 5.41) is 11.2. The molecule has 1 rings (SSSR count). The van der Waals surface area contributed by atoms with Crippen LogP contribution in [0.1, 0.15) is 5.69 Å². The largest absolute Gasteiger partial charge is 0.618 e. The van der Waals surface area contributed by atoms with Crippen LogP contribution in [0.5, 0.6) is 0 Å². The van der Waals surface area contributed by atoms with Crippen molar-refractivity contribution in [1.82, 2.24) is 0 Å². The van der Waals surface area contributed by atoms with Gasteiger partial charge >= 0.3 is 0 Å². The summed E-state index contributed by atoms with van der Waals surface area (Å²) in [6, 6.07) is 5.20. The minimum absolute atomic E-state index is 0.440. The predicted octanol–water partition coefficient (Wildman–Crippen LogP) is 0.917. The van der Waals surface area contributed by atoms with Gasteiger partial charge in [0.1, 0.15) is 0 Å². The molecule has 1 aromatic rings. The van der Waals surface area contributed by atoms with Crippen molar-refractivity contribution in [2.45, 2.75) is 11.9 Å². The highest BCUT2D eigenvalue weighted by atomic mass is 32.1. The molecular formula is C6H7NOS. The van der Waals surface area contributed by atoms with Gasteiger partial charge in [0.25, 0.3) is 0 Å². The molecule has 0 saturated heterocycles. The number of thiol groups is 1. The highest BCUT2D eigenvalue weighted by Gasteiger charge is 1.99. The molecule has 0 spiro atoms. The van der Waals surface area contributed by atoms with Crippen LogP contribution in [0.3, 0.4) is 0 Å². The average Bonchev–Trinajstić information content (AvgIpc) is 1.83. The zero-order valence-electron chi connectivity index (χ0n) is 5.03. The van der Waals surface area contributed by atoms with E-state index in [9.17, 15) is 5.21 Å². The topological polar surface area (TPSA) is 26.9 Å².